The molecule has 3 rings (SSSR count). The molecule has 0 aromatic heterocycles. The van der Waals surface area contributed by atoms with Crippen LogP contribution in [0.25, 0.3) is 0 Å². The van der Waals surface area contributed by atoms with E-state index in [0.29, 0.717) is 26.1 Å². The van der Waals surface area contributed by atoms with Gasteiger partial charge in [0.05, 0.1) is 31.0 Å². The Kier molecular flexibility index (Phi) is 3.82. The molecule has 20 heavy (non-hydrogen) atoms. The Morgan fingerprint density at radius 1 is 1.15 bits per heavy atom. The summed E-state index contributed by atoms with van der Waals surface area (Å²) in [6, 6.07) is 8.25. The van der Waals surface area contributed by atoms with Crippen LogP contribution in [-0.2, 0) is 10.3 Å². The van der Waals surface area contributed by atoms with E-state index in [0.717, 1.165) is 18.7 Å². The van der Waals surface area contributed by atoms with Gasteiger partial charge >= 0.3 is 0 Å². The van der Waals surface area contributed by atoms with Gasteiger partial charge in [0.2, 0.25) is 0 Å². The highest BCUT2D eigenvalue weighted by Crippen LogP contribution is 2.34. The van der Waals surface area contributed by atoms with Gasteiger partial charge in [0.25, 0.3) is 0 Å². The second-order valence-corrected chi connectivity index (χ2v) is 6.11. The second-order valence-electron chi connectivity index (χ2n) is 6.11. The lowest BCUT2D eigenvalue weighted by Gasteiger charge is -2.41. The van der Waals surface area contributed by atoms with Crippen molar-refractivity contribution >= 4 is 0 Å². The first-order valence-corrected chi connectivity index (χ1v) is 7.38. The predicted octanol–water partition coefficient (Wildman–Crippen LogP) is 1.04. The number of aryl methyl sites for hydroxylation is 1. The number of rotatable bonds is 2. The summed E-state index contributed by atoms with van der Waals surface area (Å²) in [7, 11) is 0. The molecular weight excluding hydrogens is 254 g/mol. The Morgan fingerprint density at radius 3 is 2.35 bits per heavy atom. The highest BCUT2D eigenvalue weighted by Gasteiger charge is 2.39. The summed E-state index contributed by atoms with van der Waals surface area (Å²) in [6.07, 6.45) is 1.03. The third-order valence-electron chi connectivity index (χ3n) is 4.70. The maximum absolute atomic E-state index is 10.8. The van der Waals surface area contributed by atoms with E-state index in [-0.39, 0.29) is 12.1 Å². The Balaban J connectivity index is 1.66. The molecule has 2 atom stereocenters. The van der Waals surface area contributed by atoms with Crippen molar-refractivity contribution in [1.29, 1.82) is 0 Å². The molecule has 1 aromatic rings. The van der Waals surface area contributed by atoms with Crippen LogP contribution in [0.1, 0.15) is 24.0 Å². The third-order valence-corrected chi connectivity index (χ3v) is 4.70. The van der Waals surface area contributed by atoms with E-state index < -0.39 is 5.60 Å². The van der Waals surface area contributed by atoms with Gasteiger partial charge in [0, 0.05) is 13.1 Å². The minimum Gasteiger partial charge on any atom is -0.389 e. The fourth-order valence-corrected chi connectivity index (χ4v) is 3.26. The molecule has 110 valence electrons. The van der Waals surface area contributed by atoms with Crippen molar-refractivity contribution in [1.82, 2.24) is 4.90 Å². The van der Waals surface area contributed by atoms with Crippen molar-refractivity contribution in [2.75, 3.05) is 26.3 Å². The van der Waals surface area contributed by atoms with Crippen LogP contribution in [-0.4, -0.2) is 53.6 Å². The zero-order valence-corrected chi connectivity index (χ0v) is 12.0. The standard InChI is InChI=1S/C16H23NO3/c1-12-2-4-13(5-3-12)16(19)6-8-17(9-7-16)14-10-20-11-15(14)18/h2-5,14-15,18-19H,6-11H2,1H3/t14-,15+/m0/s1. The first kappa shape index (κ1) is 14.0. The van der Waals surface area contributed by atoms with Gasteiger partial charge in [-0.25, -0.2) is 0 Å². The highest BCUT2D eigenvalue weighted by atomic mass is 16.5. The number of hydrogen-bond acceptors (Lipinski definition) is 4. The van der Waals surface area contributed by atoms with E-state index in [1.807, 2.05) is 24.3 Å². The molecular formula is C16H23NO3. The van der Waals surface area contributed by atoms with Gasteiger partial charge in [-0.1, -0.05) is 29.8 Å². The van der Waals surface area contributed by atoms with Crippen LogP contribution in [0.3, 0.4) is 0 Å². The van der Waals surface area contributed by atoms with Crippen LogP contribution in [0.5, 0.6) is 0 Å². The average Bonchev–Trinajstić information content (AvgIpc) is 2.87. The SMILES string of the molecule is Cc1ccc(C2(O)CCN([C@H]3COC[C@H]3O)CC2)cc1. The molecule has 2 aliphatic heterocycles. The van der Waals surface area contributed by atoms with E-state index >= 15 is 0 Å². The molecule has 0 radical (unpaired) electrons. The van der Waals surface area contributed by atoms with Crippen molar-refractivity contribution < 1.29 is 14.9 Å². The normalized spacial score (nSPS) is 30.6. The van der Waals surface area contributed by atoms with Crippen molar-refractivity contribution in [2.24, 2.45) is 0 Å². The first-order chi connectivity index (χ1) is 9.58. The first-order valence-electron chi connectivity index (χ1n) is 7.38. The molecule has 4 heteroatoms. The van der Waals surface area contributed by atoms with Gasteiger partial charge in [-0.2, -0.15) is 0 Å². The second kappa shape index (κ2) is 5.45. The Labute approximate surface area is 120 Å². The molecule has 0 bridgehead atoms. The van der Waals surface area contributed by atoms with Crippen LogP contribution in [0.4, 0.5) is 0 Å². The van der Waals surface area contributed by atoms with E-state index in [1.165, 1.54) is 5.56 Å². The molecule has 2 saturated heterocycles. The predicted molar refractivity (Wildman–Crippen MR) is 76.5 cm³/mol. The summed E-state index contributed by atoms with van der Waals surface area (Å²) in [5.41, 5.74) is 1.49. The molecule has 0 aliphatic carbocycles. The summed E-state index contributed by atoms with van der Waals surface area (Å²) in [4.78, 5) is 2.25. The molecule has 2 aliphatic rings. The van der Waals surface area contributed by atoms with Crippen LogP contribution in [0.15, 0.2) is 24.3 Å². The maximum Gasteiger partial charge on any atom is 0.0950 e. The quantitative estimate of drug-likeness (QED) is 0.848. The van der Waals surface area contributed by atoms with E-state index in [1.54, 1.807) is 0 Å². The van der Waals surface area contributed by atoms with E-state index in [9.17, 15) is 10.2 Å². The smallest absolute Gasteiger partial charge is 0.0950 e. The highest BCUT2D eigenvalue weighted by molar-refractivity contribution is 5.27. The number of likely N-dealkylation sites (tertiary alicyclic amines) is 1. The fourth-order valence-electron chi connectivity index (χ4n) is 3.26. The molecule has 0 saturated carbocycles. The number of piperidine rings is 1. The minimum absolute atomic E-state index is 0.0950. The zero-order chi connectivity index (χ0) is 14.2. The minimum atomic E-state index is -0.728. The fraction of sp³-hybridized carbons (Fsp3) is 0.625. The third kappa shape index (κ3) is 2.61. The van der Waals surface area contributed by atoms with Crippen molar-refractivity contribution in [3.8, 4) is 0 Å². The largest absolute Gasteiger partial charge is 0.389 e. The Bertz CT molecular complexity index is 451. The number of nitrogens with zero attached hydrogens (tertiary/aromatic N) is 1. The summed E-state index contributed by atoms with van der Waals surface area (Å²) in [5.74, 6) is 0. The van der Waals surface area contributed by atoms with Gasteiger partial charge in [-0.15, -0.1) is 0 Å². The zero-order valence-electron chi connectivity index (χ0n) is 12.0. The maximum atomic E-state index is 10.8. The van der Waals surface area contributed by atoms with Gasteiger partial charge in [0.15, 0.2) is 0 Å². The number of benzene rings is 1. The monoisotopic (exact) mass is 277 g/mol. The molecule has 1 aromatic carbocycles. The molecule has 0 amide bonds. The topological polar surface area (TPSA) is 52.9 Å². The molecule has 0 spiro atoms. The van der Waals surface area contributed by atoms with Crippen LogP contribution >= 0.6 is 0 Å². The summed E-state index contributed by atoms with van der Waals surface area (Å²) in [6.45, 7) is 4.69. The van der Waals surface area contributed by atoms with Gasteiger partial charge in [-0.05, 0) is 25.3 Å². The van der Waals surface area contributed by atoms with Crippen LogP contribution in [0.2, 0.25) is 0 Å². The molecule has 2 N–H and O–H groups in total. The number of hydrogen-bond donors (Lipinski definition) is 2. The summed E-state index contributed by atoms with van der Waals surface area (Å²) >= 11 is 0. The van der Waals surface area contributed by atoms with Crippen molar-refractivity contribution in [3.05, 3.63) is 35.4 Å². The van der Waals surface area contributed by atoms with Crippen LogP contribution < -0.4 is 0 Å². The lowest BCUT2D eigenvalue weighted by atomic mass is 9.83. The van der Waals surface area contributed by atoms with Crippen molar-refractivity contribution in [3.63, 3.8) is 0 Å². The van der Waals surface area contributed by atoms with Gasteiger partial charge in [-0.3, -0.25) is 4.90 Å². The van der Waals surface area contributed by atoms with Crippen LogP contribution in [0, 0.1) is 6.92 Å². The lowest BCUT2D eigenvalue weighted by Crippen LogP contribution is -2.50. The van der Waals surface area contributed by atoms with Gasteiger partial charge < -0.3 is 14.9 Å². The summed E-state index contributed by atoms with van der Waals surface area (Å²) < 4.78 is 5.32. The van der Waals surface area contributed by atoms with E-state index in [4.69, 9.17) is 4.74 Å². The Hall–Kier alpha value is -0.940. The molecule has 2 heterocycles. The molecule has 4 nitrogen and oxygen atoms in total. The number of aliphatic hydroxyl groups is 2. The van der Waals surface area contributed by atoms with Crippen molar-refractivity contribution in [2.45, 2.75) is 37.5 Å². The molecule has 0 unspecified atom stereocenters. The molecule has 2 fully saturated rings. The number of aliphatic hydroxyl groups excluding tert-OH is 1. The lowest BCUT2D eigenvalue weighted by molar-refractivity contribution is -0.0457. The Morgan fingerprint density at radius 2 is 1.80 bits per heavy atom. The summed E-state index contributed by atoms with van der Waals surface area (Å²) in [5, 5.41) is 20.7. The van der Waals surface area contributed by atoms with E-state index in [2.05, 4.69) is 11.8 Å². The number of ether oxygens (including phenoxy) is 1. The van der Waals surface area contributed by atoms with Gasteiger partial charge in [0.1, 0.15) is 0 Å². The average molecular weight is 277 g/mol.